The van der Waals surface area contributed by atoms with Crippen LogP contribution in [0.15, 0.2) is 39.8 Å². The molecule has 0 radical (unpaired) electrons. The molecule has 1 aliphatic heterocycles. The molecule has 2 aromatic rings. The number of hydrogen-bond donors (Lipinski definition) is 1. The van der Waals surface area contributed by atoms with Crippen LogP contribution in [0.5, 0.6) is 0 Å². The Balaban J connectivity index is 0.00000161. The quantitative estimate of drug-likeness (QED) is 0.725. The molecule has 0 atom stereocenters. The maximum absolute atomic E-state index is 9.46. The van der Waals surface area contributed by atoms with Gasteiger partial charge in [0.2, 0.25) is 0 Å². The Hall–Kier alpha value is -1.22. The zero-order valence-corrected chi connectivity index (χ0v) is 14.3. The van der Waals surface area contributed by atoms with Crippen LogP contribution in [-0.2, 0) is 6.54 Å². The lowest BCUT2D eigenvalue weighted by atomic mass is 10.0. The predicted octanol–water partition coefficient (Wildman–Crippen LogP) is 0.357. The first kappa shape index (κ1) is 16.2. The first-order chi connectivity index (χ1) is 9.70. The maximum atomic E-state index is 9.46. The van der Waals surface area contributed by atoms with Crippen LogP contribution in [0.2, 0.25) is 0 Å². The van der Waals surface area contributed by atoms with E-state index in [1.54, 1.807) is 11.8 Å². The molecular formula is C15H13BrClN3S. The van der Waals surface area contributed by atoms with Gasteiger partial charge in [-0.3, -0.25) is 5.73 Å². The fourth-order valence-corrected chi connectivity index (χ4v) is 3.68. The van der Waals surface area contributed by atoms with Gasteiger partial charge in [-0.2, -0.15) is 5.26 Å². The van der Waals surface area contributed by atoms with Crippen molar-refractivity contribution < 1.29 is 17.0 Å². The van der Waals surface area contributed by atoms with E-state index >= 15 is 0 Å². The molecule has 0 amide bonds. The summed E-state index contributed by atoms with van der Waals surface area (Å²) in [6.07, 6.45) is 1.09. The minimum Gasteiger partial charge on any atom is -1.00 e. The van der Waals surface area contributed by atoms with Crippen molar-refractivity contribution >= 4 is 33.5 Å². The van der Waals surface area contributed by atoms with Gasteiger partial charge in [0.15, 0.2) is 5.03 Å². The second kappa shape index (κ2) is 6.69. The number of thioether (sulfide) groups is 1. The monoisotopic (exact) mass is 381 g/mol. The first-order valence-electron chi connectivity index (χ1n) is 6.36. The van der Waals surface area contributed by atoms with E-state index in [9.17, 15) is 5.26 Å². The van der Waals surface area contributed by atoms with Crippen molar-refractivity contribution in [3.05, 3.63) is 40.4 Å². The van der Waals surface area contributed by atoms with Crippen LogP contribution in [-0.4, -0.2) is 5.75 Å². The minimum atomic E-state index is 0. The highest BCUT2D eigenvalue weighted by molar-refractivity contribution is 9.10. The first-order valence-corrected chi connectivity index (χ1v) is 8.13. The number of anilines is 1. The third-order valence-electron chi connectivity index (χ3n) is 3.39. The van der Waals surface area contributed by atoms with E-state index < -0.39 is 0 Å². The zero-order valence-electron chi connectivity index (χ0n) is 11.1. The molecule has 2 heterocycles. The molecule has 3 rings (SSSR count). The van der Waals surface area contributed by atoms with Crippen molar-refractivity contribution in [3.8, 4) is 17.2 Å². The summed E-state index contributed by atoms with van der Waals surface area (Å²) < 4.78 is 3.07. The number of benzene rings is 1. The van der Waals surface area contributed by atoms with E-state index in [0.717, 1.165) is 39.3 Å². The van der Waals surface area contributed by atoms with Crippen LogP contribution >= 0.6 is 27.7 Å². The van der Waals surface area contributed by atoms with Crippen LogP contribution in [0, 0.1) is 11.3 Å². The molecule has 0 aliphatic carbocycles. The molecular weight excluding hydrogens is 370 g/mol. The summed E-state index contributed by atoms with van der Waals surface area (Å²) >= 11 is 5.23. The van der Waals surface area contributed by atoms with Gasteiger partial charge in [0.1, 0.15) is 11.6 Å². The Morgan fingerprint density at radius 2 is 2.00 bits per heavy atom. The summed E-state index contributed by atoms with van der Waals surface area (Å²) in [5.74, 6) is 1.68. The van der Waals surface area contributed by atoms with Crippen molar-refractivity contribution in [1.29, 1.82) is 5.26 Å². The fourth-order valence-electron chi connectivity index (χ4n) is 2.39. The number of aromatic nitrogens is 1. The minimum absolute atomic E-state index is 0. The maximum Gasteiger partial charge on any atom is 0.292 e. The normalized spacial score (nSPS) is 13.0. The smallest absolute Gasteiger partial charge is 0.292 e. The lowest BCUT2D eigenvalue weighted by Gasteiger charge is -2.17. The summed E-state index contributed by atoms with van der Waals surface area (Å²) in [7, 11) is 0. The number of nitrogens with zero attached hydrogens (tertiary/aromatic N) is 2. The topological polar surface area (TPSA) is 53.7 Å². The second-order valence-electron chi connectivity index (χ2n) is 4.63. The second-order valence-corrected chi connectivity index (χ2v) is 6.66. The molecule has 0 saturated carbocycles. The average molecular weight is 383 g/mol. The van der Waals surface area contributed by atoms with E-state index in [2.05, 4.69) is 32.6 Å². The summed E-state index contributed by atoms with van der Waals surface area (Å²) in [5, 5.41) is 10.6. The third kappa shape index (κ3) is 3.03. The van der Waals surface area contributed by atoms with E-state index in [1.165, 1.54) is 0 Å². The molecule has 3 nitrogen and oxygen atoms in total. The van der Waals surface area contributed by atoms with E-state index in [4.69, 9.17) is 5.73 Å². The number of fused-ring (bicyclic) bond motifs is 1. The summed E-state index contributed by atoms with van der Waals surface area (Å²) in [5.41, 5.74) is 8.70. The molecule has 1 aromatic carbocycles. The Morgan fingerprint density at radius 1 is 1.29 bits per heavy atom. The molecule has 0 saturated heterocycles. The van der Waals surface area contributed by atoms with Gasteiger partial charge >= 0.3 is 0 Å². The van der Waals surface area contributed by atoms with Crippen molar-refractivity contribution in [2.45, 2.75) is 18.0 Å². The number of halogens is 2. The summed E-state index contributed by atoms with van der Waals surface area (Å²) in [4.78, 5) is 0. The van der Waals surface area contributed by atoms with Gasteiger partial charge in [-0.15, -0.1) is 0 Å². The third-order valence-corrected chi connectivity index (χ3v) is 5.05. The van der Waals surface area contributed by atoms with Gasteiger partial charge in [-0.25, -0.2) is 4.57 Å². The van der Waals surface area contributed by atoms with Crippen molar-refractivity contribution in [1.82, 2.24) is 0 Å². The van der Waals surface area contributed by atoms with Gasteiger partial charge < -0.3 is 12.4 Å². The molecule has 0 fully saturated rings. The number of nitrogen functional groups attached to an aromatic ring is 1. The number of hydrogen-bond acceptors (Lipinski definition) is 3. The highest BCUT2D eigenvalue weighted by atomic mass is 79.9. The Labute approximate surface area is 142 Å². The van der Waals surface area contributed by atoms with Gasteiger partial charge in [0.05, 0.1) is 6.54 Å². The number of rotatable bonds is 1. The highest BCUT2D eigenvalue weighted by Gasteiger charge is 2.24. The fraction of sp³-hybridized carbons (Fsp3) is 0.200. The number of nitriles is 1. The van der Waals surface area contributed by atoms with Crippen LogP contribution in [0.3, 0.4) is 0 Å². The SMILES string of the molecule is N#Cc1c(-c2ccc(Br)cc2)cc2[n+](c1N)CCCS2.[Cl-]. The highest BCUT2D eigenvalue weighted by Crippen LogP contribution is 2.32. The lowest BCUT2D eigenvalue weighted by Crippen LogP contribution is -3.00. The summed E-state index contributed by atoms with van der Waals surface area (Å²) in [6, 6.07) is 12.3. The van der Waals surface area contributed by atoms with Crippen molar-refractivity contribution in [3.63, 3.8) is 0 Å². The molecule has 0 unspecified atom stereocenters. The molecule has 1 aliphatic rings. The zero-order chi connectivity index (χ0) is 14.1. The molecule has 1 aromatic heterocycles. The Bertz CT molecular complexity index is 710. The lowest BCUT2D eigenvalue weighted by molar-refractivity contribution is -0.720. The van der Waals surface area contributed by atoms with Crippen LogP contribution in [0.1, 0.15) is 12.0 Å². The van der Waals surface area contributed by atoms with E-state index in [1.807, 2.05) is 24.3 Å². The molecule has 108 valence electrons. The van der Waals surface area contributed by atoms with Crippen molar-refractivity contribution in [2.24, 2.45) is 0 Å². The summed E-state index contributed by atoms with van der Waals surface area (Å²) in [6.45, 7) is 0.892. The molecule has 0 spiro atoms. The van der Waals surface area contributed by atoms with Crippen molar-refractivity contribution in [2.75, 3.05) is 11.5 Å². The Morgan fingerprint density at radius 3 is 2.67 bits per heavy atom. The van der Waals surface area contributed by atoms with E-state index in [0.29, 0.717) is 11.4 Å². The molecule has 0 bridgehead atoms. The molecule has 2 N–H and O–H groups in total. The van der Waals surface area contributed by atoms with Gasteiger partial charge in [-0.05, 0) is 24.1 Å². The number of nitrogens with two attached hydrogens (primary N) is 1. The van der Waals surface area contributed by atoms with Crippen LogP contribution in [0.4, 0.5) is 5.82 Å². The van der Waals surface area contributed by atoms with Gasteiger partial charge in [0, 0.05) is 21.9 Å². The molecule has 6 heteroatoms. The molecule has 21 heavy (non-hydrogen) atoms. The van der Waals surface area contributed by atoms with Gasteiger partial charge in [-0.1, -0.05) is 39.8 Å². The van der Waals surface area contributed by atoms with E-state index in [-0.39, 0.29) is 12.4 Å². The standard InChI is InChI=1S/C15H12BrN3S.ClH/c16-11-4-2-10(3-5-11)12-8-14-19(6-1-7-20-14)15(18)13(12)9-17;/h2-5,8,18H,1,6-7H2;1H. The van der Waals surface area contributed by atoms with Crippen LogP contribution < -0.4 is 22.7 Å². The number of pyridine rings is 1. The van der Waals surface area contributed by atoms with Gasteiger partial charge in [0.25, 0.3) is 5.82 Å². The van der Waals surface area contributed by atoms with Crippen LogP contribution in [0.25, 0.3) is 11.1 Å². The largest absolute Gasteiger partial charge is 1.00 e. The predicted molar refractivity (Wildman–Crippen MR) is 84.2 cm³/mol. The average Bonchev–Trinajstić information content (AvgIpc) is 2.48. The Kier molecular flexibility index (Phi) is 5.15.